The smallest absolute Gasteiger partial charge is 0.163 e. The lowest BCUT2D eigenvalue weighted by molar-refractivity contribution is 0.0927. The molecule has 0 N–H and O–H groups in total. The number of rotatable bonds is 3. The highest BCUT2D eigenvalue weighted by Gasteiger charge is 2.23. The zero-order valence-electron chi connectivity index (χ0n) is 11.9. The second-order valence-corrected chi connectivity index (χ2v) is 6.19. The maximum absolute atomic E-state index is 12.2. The Hall–Kier alpha value is -1.11. The Morgan fingerprint density at radius 1 is 1.18 bits per heavy atom. The molecule has 0 aliphatic heterocycles. The van der Waals surface area contributed by atoms with Gasteiger partial charge in [-0.15, -0.1) is 0 Å². The van der Waals surface area contributed by atoms with Crippen LogP contribution >= 0.6 is 0 Å². The van der Waals surface area contributed by atoms with Crippen LogP contribution in [0.15, 0.2) is 18.2 Å². The van der Waals surface area contributed by atoms with Crippen LogP contribution in [0.3, 0.4) is 0 Å². The van der Waals surface area contributed by atoms with Crippen LogP contribution in [0, 0.1) is 25.2 Å². The minimum Gasteiger partial charge on any atom is -0.294 e. The van der Waals surface area contributed by atoms with Crippen molar-refractivity contribution < 1.29 is 4.79 Å². The van der Waals surface area contributed by atoms with Gasteiger partial charge < -0.3 is 0 Å². The van der Waals surface area contributed by atoms with E-state index in [1.165, 1.54) is 11.1 Å². The van der Waals surface area contributed by atoms with Crippen molar-refractivity contribution in [1.82, 2.24) is 0 Å². The summed E-state index contributed by atoms with van der Waals surface area (Å²) in [7, 11) is 0. The molecule has 0 aromatic heterocycles. The fourth-order valence-electron chi connectivity index (χ4n) is 1.62. The summed E-state index contributed by atoms with van der Waals surface area (Å²) >= 11 is 0. The van der Waals surface area contributed by atoms with Crippen LogP contribution in [0.2, 0.25) is 0 Å². The van der Waals surface area contributed by atoms with Crippen molar-refractivity contribution in [3.63, 3.8) is 0 Å². The van der Waals surface area contributed by atoms with Gasteiger partial charge in [0.05, 0.1) is 0 Å². The highest BCUT2D eigenvalue weighted by molar-refractivity contribution is 5.96. The van der Waals surface area contributed by atoms with Crippen LogP contribution < -0.4 is 0 Å². The summed E-state index contributed by atoms with van der Waals surface area (Å²) in [4.78, 5) is 12.2. The lowest BCUT2D eigenvalue weighted by Gasteiger charge is -2.26. The average molecular weight is 232 g/mol. The third-order valence-electron chi connectivity index (χ3n) is 3.80. The van der Waals surface area contributed by atoms with Crippen molar-refractivity contribution in [2.75, 3.05) is 0 Å². The number of hydrogen-bond donors (Lipinski definition) is 0. The van der Waals surface area contributed by atoms with Crippen molar-refractivity contribution >= 4 is 5.78 Å². The van der Waals surface area contributed by atoms with Gasteiger partial charge >= 0.3 is 0 Å². The van der Waals surface area contributed by atoms with E-state index in [1.807, 2.05) is 18.2 Å². The van der Waals surface area contributed by atoms with Crippen molar-refractivity contribution in [2.24, 2.45) is 11.3 Å². The second-order valence-electron chi connectivity index (χ2n) is 6.19. The third kappa shape index (κ3) is 3.69. The van der Waals surface area contributed by atoms with E-state index in [9.17, 15) is 4.79 Å². The first-order valence-corrected chi connectivity index (χ1v) is 6.32. The number of hydrogen-bond acceptors (Lipinski definition) is 1. The highest BCUT2D eigenvalue weighted by atomic mass is 16.1. The average Bonchev–Trinajstić information content (AvgIpc) is 2.20. The Balaban J connectivity index is 2.80. The Morgan fingerprint density at radius 3 is 2.24 bits per heavy atom. The lowest BCUT2D eigenvalue weighted by Crippen LogP contribution is -2.20. The fourth-order valence-corrected chi connectivity index (χ4v) is 1.62. The molecule has 0 saturated heterocycles. The molecule has 0 aliphatic carbocycles. The van der Waals surface area contributed by atoms with Crippen LogP contribution in [0.25, 0.3) is 0 Å². The maximum atomic E-state index is 12.2. The van der Waals surface area contributed by atoms with E-state index in [0.29, 0.717) is 12.3 Å². The summed E-state index contributed by atoms with van der Waals surface area (Å²) in [6.45, 7) is 12.8. The van der Waals surface area contributed by atoms with Crippen molar-refractivity contribution in [3.8, 4) is 0 Å². The Labute approximate surface area is 105 Å². The molecular weight excluding hydrogens is 208 g/mol. The predicted molar refractivity (Wildman–Crippen MR) is 73.5 cm³/mol. The summed E-state index contributed by atoms with van der Waals surface area (Å²) in [5.74, 6) is 0.659. The van der Waals surface area contributed by atoms with E-state index >= 15 is 0 Å². The van der Waals surface area contributed by atoms with Gasteiger partial charge in [-0.1, -0.05) is 39.8 Å². The van der Waals surface area contributed by atoms with Gasteiger partial charge in [0.25, 0.3) is 0 Å². The Kier molecular flexibility index (Phi) is 4.13. The second kappa shape index (κ2) is 5.03. The monoisotopic (exact) mass is 232 g/mol. The van der Waals surface area contributed by atoms with Crippen LogP contribution in [0.1, 0.15) is 55.6 Å². The van der Waals surface area contributed by atoms with E-state index in [-0.39, 0.29) is 11.2 Å². The molecule has 0 saturated carbocycles. The molecule has 1 atom stereocenters. The van der Waals surface area contributed by atoms with Gasteiger partial charge in [-0.3, -0.25) is 4.79 Å². The Bertz CT molecular complexity index is 410. The van der Waals surface area contributed by atoms with Gasteiger partial charge in [-0.05, 0) is 42.4 Å². The number of Topliss-reactive ketones (excluding diaryl/α,β-unsaturated/α-hetero) is 1. The topological polar surface area (TPSA) is 17.1 Å². The number of aryl methyl sites for hydroxylation is 2. The minimum atomic E-state index is 0.190. The zero-order valence-corrected chi connectivity index (χ0v) is 11.9. The van der Waals surface area contributed by atoms with Crippen molar-refractivity contribution in [3.05, 3.63) is 34.9 Å². The SMILES string of the molecule is Cc1ccc(C(=O)CC(C)C(C)(C)C)cc1C. The molecule has 0 amide bonds. The molecule has 0 radical (unpaired) electrons. The van der Waals surface area contributed by atoms with Crippen molar-refractivity contribution in [1.29, 1.82) is 0 Å². The molecule has 1 heteroatoms. The molecule has 1 nitrogen and oxygen atoms in total. The quantitative estimate of drug-likeness (QED) is 0.698. The first kappa shape index (κ1) is 14.0. The van der Waals surface area contributed by atoms with Gasteiger partial charge in [-0.25, -0.2) is 0 Å². The van der Waals surface area contributed by atoms with Gasteiger partial charge in [0.2, 0.25) is 0 Å². The summed E-state index contributed by atoms with van der Waals surface area (Å²) < 4.78 is 0. The third-order valence-corrected chi connectivity index (χ3v) is 3.80. The summed E-state index contributed by atoms with van der Waals surface area (Å²) in [5.41, 5.74) is 3.48. The standard InChI is InChI=1S/C16H24O/c1-11-7-8-14(9-12(11)2)15(17)10-13(3)16(4,5)6/h7-9,13H,10H2,1-6H3. The number of carbonyl (C=O) groups excluding carboxylic acids is 1. The van der Waals surface area contributed by atoms with Crippen LogP contribution in [-0.4, -0.2) is 5.78 Å². The van der Waals surface area contributed by atoms with Crippen LogP contribution in [-0.2, 0) is 0 Å². The molecule has 0 heterocycles. The van der Waals surface area contributed by atoms with Crippen LogP contribution in [0.5, 0.6) is 0 Å². The van der Waals surface area contributed by atoms with Crippen LogP contribution in [0.4, 0.5) is 0 Å². The van der Waals surface area contributed by atoms with E-state index in [2.05, 4.69) is 41.5 Å². The van der Waals surface area contributed by atoms with Gasteiger partial charge in [0, 0.05) is 12.0 Å². The normalized spacial score (nSPS) is 13.5. The van der Waals surface area contributed by atoms with E-state index in [1.54, 1.807) is 0 Å². The molecule has 94 valence electrons. The van der Waals surface area contributed by atoms with E-state index in [0.717, 1.165) is 5.56 Å². The van der Waals surface area contributed by atoms with Gasteiger partial charge in [0.1, 0.15) is 0 Å². The molecular formula is C16H24O. The van der Waals surface area contributed by atoms with Gasteiger partial charge in [-0.2, -0.15) is 0 Å². The molecule has 1 unspecified atom stereocenters. The number of ketones is 1. The predicted octanol–water partition coefficient (Wildman–Crippen LogP) is 4.56. The molecule has 1 aromatic carbocycles. The largest absolute Gasteiger partial charge is 0.294 e. The Morgan fingerprint density at radius 2 is 1.76 bits per heavy atom. The molecule has 1 aromatic rings. The van der Waals surface area contributed by atoms with Crippen molar-refractivity contribution in [2.45, 2.75) is 48.0 Å². The number of carbonyl (C=O) groups is 1. The summed E-state index contributed by atoms with van der Waals surface area (Å²) in [5, 5.41) is 0. The van der Waals surface area contributed by atoms with E-state index in [4.69, 9.17) is 0 Å². The number of benzene rings is 1. The molecule has 1 rings (SSSR count). The first-order valence-electron chi connectivity index (χ1n) is 6.32. The van der Waals surface area contributed by atoms with Gasteiger partial charge in [0.15, 0.2) is 5.78 Å². The van der Waals surface area contributed by atoms with E-state index < -0.39 is 0 Å². The molecule has 0 fully saturated rings. The summed E-state index contributed by atoms with van der Waals surface area (Å²) in [6, 6.07) is 5.98. The molecule has 0 aliphatic rings. The minimum absolute atomic E-state index is 0.190. The first-order chi connectivity index (χ1) is 7.71. The summed E-state index contributed by atoms with van der Waals surface area (Å²) in [6.07, 6.45) is 0.631. The fraction of sp³-hybridized carbons (Fsp3) is 0.562. The molecule has 0 bridgehead atoms. The molecule has 0 spiro atoms. The highest BCUT2D eigenvalue weighted by Crippen LogP contribution is 2.29. The zero-order chi connectivity index (χ0) is 13.2. The lowest BCUT2D eigenvalue weighted by atomic mass is 9.78. The maximum Gasteiger partial charge on any atom is 0.163 e. The molecule has 17 heavy (non-hydrogen) atoms.